The van der Waals surface area contributed by atoms with Gasteiger partial charge < -0.3 is 20.1 Å². The standard InChI is InChI=1S/C21H28N4O4S/c1-28-19-10-7-17(13-20(19)29-2)15-24-21(22-11-4-12-30-3)23-14-16-5-8-18(9-6-16)25(26)27/h5-10,13H,4,11-12,14-15H2,1-3H3,(H2,22,23,24). The van der Waals surface area contributed by atoms with E-state index in [1.807, 2.05) is 18.2 Å². The molecule has 0 fully saturated rings. The molecule has 8 nitrogen and oxygen atoms in total. The normalized spacial score (nSPS) is 11.1. The van der Waals surface area contributed by atoms with Crippen molar-refractivity contribution in [3.8, 4) is 11.5 Å². The predicted molar refractivity (Wildman–Crippen MR) is 122 cm³/mol. The van der Waals surface area contributed by atoms with Gasteiger partial charge in [0.1, 0.15) is 0 Å². The molecule has 0 atom stereocenters. The van der Waals surface area contributed by atoms with Crippen LogP contribution in [-0.4, -0.2) is 43.7 Å². The number of thioether (sulfide) groups is 1. The molecule has 0 aliphatic rings. The number of hydrogen-bond donors (Lipinski definition) is 2. The third-order valence-electron chi connectivity index (χ3n) is 4.29. The van der Waals surface area contributed by atoms with E-state index < -0.39 is 4.92 Å². The molecule has 0 heterocycles. The molecule has 0 saturated carbocycles. The molecule has 0 spiro atoms. The highest BCUT2D eigenvalue weighted by molar-refractivity contribution is 7.98. The molecule has 2 aromatic carbocycles. The minimum Gasteiger partial charge on any atom is -0.493 e. The van der Waals surface area contributed by atoms with Crippen LogP contribution in [0.3, 0.4) is 0 Å². The van der Waals surface area contributed by atoms with Crippen molar-refractivity contribution in [2.75, 3.05) is 32.8 Å². The van der Waals surface area contributed by atoms with Gasteiger partial charge in [-0.15, -0.1) is 0 Å². The number of methoxy groups -OCH3 is 2. The molecule has 2 N–H and O–H groups in total. The van der Waals surface area contributed by atoms with Crippen LogP contribution in [0.2, 0.25) is 0 Å². The highest BCUT2D eigenvalue weighted by Gasteiger charge is 2.06. The van der Waals surface area contributed by atoms with Gasteiger partial charge in [-0.1, -0.05) is 18.2 Å². The van der Waals surface area contributed by atoms with Crippen molar-refractivity contribution >= 4 is 23.4 Å². The Balaban J connectivity index is 2.04. The first-order chi connectivity index (χ1) is 14.6. The van der Waals surface area contributed by atoms with Crippen LogP contribution in [0, 0.1) is 10.1 Å². The van der Waals surface area contributed by atoms with Gasteiger partial charge in [0.2, 0.25) is 0 Å². The number of non-ortho nitro benzene ring substituents is 1. The van der Waals surface area contributed by atoms with Crippen LogP contribution in [-0.2, 0) is 13.1 Å². The summed E-state index contributed by atoms with van der Waals surface area (Å²) in [6, 6.07) is 12.2. The van der Waals surface area contributed by atoms with Crippen molar-refractivity contribution < 1.29 is 14.4 Å². The number of rotatable bonds is 11. The Labute approximate surface area is 181 Å². The molecule has 0 amide bonds. The summed E-state index contributed by atoms with van der Waals surface area (Å²) in [6.45, 7) is 1.79. The highest BCUT2D eigenvalue weighted by Crippen LogP contribution is 2.27. The Morgan fingerprint density at radius 1 is 1.07 bits per heavy atom. The zero-order chi connectivity index (χ0) is 21.8. The predicted octanol–water partition coefficient (Wildman–Crippen LogP) is 3.60. The quantitative estimate of drug-likeness (QED) is 0.184. The number of nitrogens with one attached hydrogen (secondary N) is 2. The van der Waals surface area contributed by atoms with E-state index in [0.29, 0.717) is 30.5 Å². The van der Waals surface area contributed by atoms with E-state index >= 15 is 0 Å². The molecular weight excluding hydrogens is 404 g/mol. The summed E-state index contributed by atoms with van der Waals surface area (Å²) in [5.74, 6) is 3.10. The van der Waals surface area contributed by atoms with Crippen LogP contribution in [0.4, 0.5) is 5.69 Å². The lowest BCUT2D eigenvalue weighted by Crippen LogP contribution is -2.37. The number of nitro benzene ring substituents is 1. The number of nitro groups is 1. The molecule has 30 heavy (non-hydrogen) atoms. The number of guanidine groups is 1. The van der Waals surface area contributed by atoms with Crippen molar-refractivity contribution in [1.29, 1.82) is 0 Å². The van der Waals surface area contributed by atoms with Crippen molar-refractivity contribution in [3.05, 3.63) is 63.7 Å². The van der Waals surface area contributed by atoms with Gasteiger partial charge >= 0.3 is 0 Å². The zero-order valence-electron chi connectivity index (χ0n) is 17.5. The highest BCUT2D eigenvalue weighted by atomic mass is 32.2. The fourth-order valence-electron chi connectivity index (χ4n) is 2.67. The Bertz CT molecular complexity index is 843. The fraction of sp³-hybridized carbons (Fsp3) is 0.381. The number of nitrogens with zero attached hydrogens (tertiary/aromatic N) is 2. The molecule has 2 rings (SSSR count). The maximum Gasteiger partial charge on any atom is 0.269 e. The molecule has 0 bridgehead atoms. The van der Waals surface area contributed by atoms with Crippen molar-refractivity contribution in [2.24, 2.45) is 4.99 Å². The molecule has 0 aliphatic heterocycles. The van der Waals surface area contributed by atoms with E-state index in [1.54, 1.807) is 38.1 Å². The van der Waals surface area contributed by atoms with Crippen LogP contribution >= 0.6 is 11.8 Å². The fourth-order valence-corrected chi connectivity index (χ4v) is 3.10. The summed E-state index contributed by atoms with van der Waals surface area (Å²) in [5.41, 5.74) is 2.01. The number of benzene rings is 2. The second-order valence-electron chi connectivity index (χ2n) is 6.40. The lowest BCUT2D eigenvalue weighted by atomic mass is 10.2. The van der Waals surface area contributed by atoms with Crippen molar-refractivity contribution in [2.45, 2.75) is 19.5 Å². The van der Waals surface area contributed by atoms with E-state index in [4.69, 9.17) is 9.47 Å². The Hall–Kier alpha value is -2.94. The molecule has 2 aromatic rings. The first-order valence-electron chi connectivity index (χ1n) is 9.52. The van der Waals surface area contributed by atoms with Crippen molar-refractivity contribution in [3.63, 3.8) is 0 Å². The van der Waals surface area contributed by atoms with E-state index in [-0.39, 0.29) is 5.69 Å². The van der Waals surface area contributed by atoms with Crippen LogP contribution in [0.5, 0.6) is 11.5 Å². The average Bonchev–Trinajstić information content (AvgIpc) is 2.77. The zero-order valence-corrected chi connectivity index (χ0v) is 18.3. The summed E-state index contributed by atoms with van der Waals surface area (Å²) in [4.78, 5) is 15.1. The first kappa shape index (κ1) is 23.3. The minimum absolute atomic E-state index is 0.0799. The van der Waals surface area contributed by atoms with Gasteiger partial charge in [0.05, 0.1) is 25.7 Å². The second-order valence-corrected chi connectivity index (χ2v) is 7.39. The van der Waals surface area contributed by atoms with Crippen LogP contribution in [0.15, 0.2) is 47.5 Å². The molecule has 0 saturated heterocycles. The van der Waals surface area contributed by atoms with Gasteiger partial charge in [-0.05, 0) is 41.7 Å². The summed E-state index contributed by atoms with van der Waals surface area (Å²) >= 11 is 1.80. The average molecular weight is 433 g/mol. The topological polar surface area (TPSA) is 98.0 Å². The Kier molecular flexibility index (Phi) is 9.79. The van der Waals surface area contributed by atoms with Gasteiger partial charge in [-0.25, -0.2) is 4.99 Å². The van der Waals surface area contributed by atoms with E-state index in [1.165, 1.54) is 12.1 Å². The van der Waals surface area contributed by atoms with Gasteiger partial charge in [0.25, 0.3) is 5.69 Å². The van der Waals surface area contributed by atoms with E-state index in [0.717, 1.165) is 29.8 Å². The molecular formula is C21H28N4O4S. The molecule has 0 aliphatic carbocycles. The summed E-state index contributed by atoms with van der Waals surface area (Å²) in [7, 11) is 3.21. The smallest absolute Gasteiger partial charge is 0.269 e. The maximum atomic E-state index is 10.8. The van der Waals surface area contributed by atoms with Crippen LogP contribution in [0.1, 0.15) is 17.5 Å². The maximum absolute atomic E-state index is 10.8. The molecule has 162 valence electrons. The van der Waals surface area contributed by atoms with Crippen LogP contribution < -0.4 is 20.1 Å². The lowest BCUT2D eigenvalue weighted by molar-refractivity contribution is -0.384. The molecule has 0 radical (unpaired) electrons. The number of hydrogen-bond acceptors (Lipinski definition) is 6. The molecule has 9 heteroatoms. The number of aliphatic imine (C=N–C) groups is 1. The van der Waals surface area contributed by atoms with Crippen molar-refractivity contribution in [1.82, 2.24) is 10.6 Å². The molecule has 0 aromatic heterocycles. The Morgan fingerprint density at radius 3 is 2.40 bits per heavy atom. The second kappa shape index (κ2) is 12.6. The van der Waals surface area contributed by atoms with Gasteiger partial charge in [-0.3, -0.25) is 10.1 Å². The van der Waals surface area contributed by atoms with Gasteiger partial charge in [0, 0.05) is 25.2 Å². The SMILES string of the molecule is COc1ccc(CN=C(NCCCSC)NCc2ccc([N+](=O)[O-])cc2)cc1OC. The monoisotopic (exact) mass is 432 g/mol. The van der Waals surface area contributed by atoms with E-state index in [2.05, 4.69) is 21.9 Å². The van der Waals surface area contributed by atoms with Gasteiger partial charge in [-0.2, -0.15) is 11.8 Å². The van der Waals surface area contributed by atoms with Crippen LogP contribution in [0.25, 0.3) is 0 Å². The Morgan fingerprint density at radius 2 is 1.77 bits per heavy atom. The summed E-state index contributed by atoms with van der Waals surface area (Å²) in [5, 5.41) is 17.4. The summed E-state index contributed by atoms with van der Waals surface area (Å²) < 4.78 is 10.6. The first-order valence-corrected chi connectivity index (χ1v) is 10.9. The minimum atomic E-state index is -0.402. The largest absolute Gasteiger partial charge is 0.493 e. The number of ether oxygens (including phenoxy) is 2. The van der Waals surface area contributed by atoms with Gasteiger partial charge in [0.15, 0.2) is 17.5 Å². The third-order valence-corrected chi connectivity index (χ3v) is 4.99. The third kappa shape index (κ3) is 7.47. The summed E-state index contributed by atoms with van der Waals surface area (Å²) in [6.07, 6.45) is 3.11. The van der Waals surface area contributed by atoms with E-state index in [9.17, 15) is 10.1 Å². The lowest BCUT2D eigenvalue weighted by Gasteiger charge is -2.13. The molecule has 0 unspecified atom stereocenters.